The van der Waals surface area contributed by atoms with Gasteiger partial charge in [-0.15, -0.1) is 5.11 Å². The second-order valence-electron chi connectivity index (χ2n) is 7.17. The Hall–Kier alpha value is -3.04. The molecule has 0 amide bonds. The maximum Gasteiger partial charge on any atom is 0.264 e. The van der Waals surface area contributed by atoms with Gasteiger partial charge < -0.3 is 4.57 Å². The zero-order valence-electron chi connectivity index (χ0n) is 17.2. The monoisotopic (exact) mass is 427 g/mol. The highest BCUT2D eigenvalue weighted by Crippen LogP contribution is 2.20. The SMILES string of the molecule is Cc1cc(C)c(-n2ccn(CCCS(=O)(=O)O)/c2=N\N=N\c2ccccc2)c(C)c1. The zero-order chi connectivity index (χ0) is 21.7. The summed E-state index contributed by atoms with van der Waals surface area (Å²) >= 11 is 0. The first-order valence-corrected chi connectivity index (χ1v) is 11.2. The minimum absolute atomic E-state index is 0.248. The number of aryl methyl sites for hydroxylation is 4. The van der Waals surface area contributed by atoms with Crippen molar-refractivity contribution >= 4 is 15.8 Å². The molecule has 0 saturated carbocycles. The Kier molecular flexibility index (Phi) is 6.63. The first kappa shape index (κ1) is 21.7. The van der Waals surface area contributed by atoms with Gasteiger partial charge in [-0.3, -0.25) is 9.12 Å². The van der Waals surface area contributed by atoms with E-state index in [2.05, 4.69) is 27.6 Å². The van der Waals surface area contributed by atoms with E-state index in [1.54, 1.807) is 4.57 Å². The van der Waals surface area contributed by atoms with Crippen molar-refractivity contribution in [1.29, 1.82) is 0 Å². The van der Waals surface area contributed by atoms with Crippen LogP contribution in [0.2, 0.25) is 0 Å². The molecule has 0 radical (unpaired) electrons. The van der Waals surface area contributed by atoms with Crippen molar-refractivity contribution in [3.8, 4) is 5.69 Å². The average Bonchev–Trinajstić information content (AvgIpc) is 3.03. The Labute approximate surface area is 176 Å². The Bertz CT molecular complexity index is 1200. The predicted molar refractivity (Wildman–Crippen MR) is 116 cm³/mol. The van der Waals surface area contributed by atoms with Gasteiger partial charge in [0.05, 0.1) is 17.1 Å². The molecule has 0 aliphatic carbocycles. The molecule has 0 aliphatic rings. The quantitative estimate of drug-likeness (QED) is 0.349. The van der Waals surface area contributed by atoms with Crippen LogP contribution in [-0.2, 0) is 16.7 Å². The average molecular weight is 428 g/mol. The van der Waals surface area contributed by atoms with Crippen LogP contribution in [0.15, 0.2) is 70.3 Å². The van der Waals surface area contributed by atoms with Gasteiger partial charge in [0.1, 0.15) is 0 Å². The third kappa shape index (κ3) is 5.52. The van der Waals surface area contributed by atoms with Gasteiger partial charge in [-0.1, -0.05) is 41.0 Å². The van der Waals surface area contributed by atoms with E-state index in [1.807, 2.05) is 68.1 Å². The lowest BCUT2D eigenvalue weighted by molar-refractivity contribution is 0.477. The molecule has 0 atom stereocenters. The molecule has 8 nitrogen and oxygen atoms in total. The van der Waals surface area contributed by atoms with E-state index < -0.39 is 10.1 Å². The van der Waals surface area contributed by atoms with Crippen LogP contribution in [0.25, 0.3) is 5.69 Å². The van der Waals surface area contributed by atoms with E-state index in [1.165, 1.54) is 5.56 Å². The van der Waals surface area contributed by atoms with Gasteiger partial charge in [-0.05, 0) is 55.7 Å². The molecule has 0 saturated heterocycles. The van der Waals surface area contributed by atoms with E-state index >= 15 is 0 Å². The van der Waals surface area contributed by atoms with Crippen LogP contribution in [-0.4, -0.2) is 27.9 Å². The molecule has 158 valence electrons. The summed E-state index contributed by atoms with van der Waals surface area (Å²) in [7, 11) is -4.02. The molecule has 1 heterocycles. The Morgan fingerprint density at radius 3 is 2.30 bits per heavy atom. The van der Waals surface area contributed by atoms with Gasteiger partial charge in [0.15, 0.2) is 0 Å². The zero-order valence-corrected chi connectivity index (χ0v) is 18.0. The molecule has 0 aliphatic heterocycles. The minimum Gasteiger partial charge on any atom is -0.315 e. The first-order valence-electron chi connectivity index (χ1n) is 9.55. The van der Waals surface area contributed by atoms with Gasteiger partial charge in [-0.2, -0.15) is 8.42 Å². The number of benzene rings is 2. The molecule has 2 aromatic carbocycles. The number of hydrogen-bond acceptors (Lipinski definition) is 4. The molecule has 3 rings (SSSR count). The second kappa shape index (κ2) is 9.19. The normalized spacial score (nSPS) is 12.7. The number of imidazole rings is 1. The lowest BCUT2D eigenvalue weighted by Gasteiger charge is -2.12. The Balaban J connectivity index is 2.05. The van der Waals surface area contributed by atoms with Crippen LogP contribution in [0.5, 0.6) is 0 Å². The summed E-state index contributed by atoms with van der Waals surface area (Å²) < 4.78 is 34.9. The fourth-order valence-corrected chi connectivity index (χ4v) is 3.95. The van der Waals surface area contributed by atoms with Gasteiger partial charge in [-0.25, -0.2) is 0 Å². The molecule has 3 aromatic rings. The van der Waals surface area contributed by atoms with Crippen molar-refractivity contribution in [3.05, 3.63) is 77.2 Å². The highest BCUT2D eigenvalue weighted by atomic mass is 32.2. The molecule has 0 unspecified atom stereocenters. The van der Waals surface area contributed by atoms with Crippen molar-refractivity contribution in [2.75, 3.05) is 5.75 Å². The third-order valence-corrected chi connectivity index (χ3v) is 5.40. The lowest BCUT2D eigenvalue weighted by atomic mass is 10.1. The molecule has 0 bridgehead atoms. The maximum absolute atomic E-state index is 11.1. The summed E-state index contributed by atoms with van der Waals surface area (Å²) in [6.45, 7) is 6.48. The number of hydrogen-bond donors (Lipinski definition) is 1. The van der Waals surface area contributed by atoms with Crippen molar-refractivity contribution in [1.82, 2.24) is 9.13 Å². The predicted octanol–water partition coefficient (Wildman–Crippen LogP) is 4.08. The largest absolute Gasteiger partial charge is 0.315 e. The Morgan fingerprint density at radius 1 is 1.00 bits per heavy atom. The first-order chi connectivity index (χ1) is 14.2. The maximum atomic E-state index is 11.1. The number of nitrogens with zero attached hydrogens (tertiary/aromatic N) is 5. The third-order valence-electron chi connectivity index (χ3n) is 4.60. The van der Waals surface area contributed by atoms with E-state index in [0.717, 1.165) is 16.8 Å². The van der Waals surface area contributed by atoms with E-state index in [-0.39, 0.29) is 12.2 Å². The van der Waals surface area contributed by atoms with Gasteiger partial charge >= 0.3 is 0 Å². The van der Waals surface area contributed by atoms with Crippen LogP contribution >= 0.6 is 0 Å². The molecular formula is C21H25N5O3S. The van der Waals surface area contributed by atoms with Crippen LogP contribution in [0, 0.1) is 20.8 Å². The van der Waals surface area contributed by atoms with Crippen LogP contribution in [0.3, 0.4) is 0 Å². The van der Waals surface area contributed by atoms with Crippen molar-refractivity contribution in [2.45, 2.75) is 33.7 Å². The smallest absolute Gasteiger partial charge is 0.264 e. The number of aromatic nitrogens is 2. The van der Waals surface area contributed by atoms with Gasteiger partial charge in [0.2, 0.25) is 5.62 Å². The van der Waals surface area contributed by atoms with Crippen LogP contribution in [0.4, 0.5) is 5.69 Å². The summed E-state index contributed by atoms with van der Waals surface area (Å²) in [6.07, 6.45) is 3.94. The molecule has 0 spiro atoms. The molecule has 1 aromatic heterocycles. The van der Waals surface area contributed by atoms with Gasteiger partial charge in [0, 0.05) is 18.9 Å². The molecule has 30 heavy (non-hydrogen) atoms. The standard InChI is InChI=1S/C21H25N5O3S/c1-16-14-17(2)20(18(3)15-16)26-12-11-25(10-7-13-30(27,28)29)21(26)23-24-22-19-8-5-4-6-9-19/h4-6,8-9,11-12,14-15H,7,10,13H2,1-3H3,(H,27,28,29)/b23-21+,24-22+. The fraction of sp³-hybridized carbons (Fsp3) is 0.286. The van der Waals surface area contributed by atoms with Gasteiger partial charge in [0.25, 0.3) is 10.1 Å². The topological polar surface area (TPSA) is 101 Å². The molecule has 9 heteroatoms. The second-order valence-corrected chi connectivity index (χ2v) is 8.75. The summed E-state index contributed by atoms with van der Waals surface area (Å²) in [5, 5.41) is 12.5. The summed E-state index contributed by atoms with van der Waals surface area (Å²) in [4.78, 5) is 0. The fourth-order valence-electron chi connectivity index (χ4n) is 3.45. The van der Waals surface area contributed by atoms with E-state index in [0.29, 0.717) is 17.9 Å². The summed E-state index contributed by atoms with van der Waals surface area (Å²) in [5.41, 5.74) is 5.53. The summed E-state index contributed by atoms with van der Waals surface area (Å²) in [6, 6.07) is 13.5. The minimum atomic E-state index is -4.02. The lowest BCUT2D eigenvalue weighted by Crippen LogP contribution is -2.26. The van der Waals surface area contributed by atoms with Crippen LogP contribution in [0.1, 0.15) is 23.1 Å². The van der Waals surface area contributed by atoms with E-state index in [4.69, 9.17) is 4.55 Å². The Morgan fingerprint density at radius 2 is 1.67 bits per heavy atom. The van der Waals surface area contributed by atoms with Crippen molar-refractivity contribution in [3.63, 3.8) is 0 Å². The van der Waals surface area contributed by atoms with Crippen molar-refractivity contribution < 1.29 is 13.0 Å². The molecule has 1 N–H and O–H groups in total. The number of rotatable bonds is 7. The molecular weight excluding hydrogens is 402 g/mol. The van der Waals surface area contributed by atoms with Crippen LogP contribution < -0.4 is 5.62 Å². The highest BCUT2D eigenvalue weighted by Gasteiger charge is 2.11. The van der Waals surface area contributed by atoms with Crippen molar-refractivity contribution in [2.24, 2.45) is 15.4 Å². The summed E-state index contributed by atoms with van der Waals surface area (Å²) in [5.74, 6) is -0.321. The molecule has 0 fully saturated rings. The highest BCUT2D eigenvalue weighted by molar-refractivity contribution is 7.85. The van der Waals surface area contributed by atoms with E-state index in [9.17, 15) is 8.42 Å².